The Kier molecular flexibility index (Phi) is 3.99. The number of rotatable bonds is 2. The van der Waals surface area contributed by atoms with Crippen molar-refractivity contribution in [2.24, 2.45) is 0 Å². The fourth-order valence-corrected chi connectivity index (χ4v) is 4.01. The van der Waals surface area contributed by atoms with Gasteiger partial charge in [0.15, 0.2) is 0 Å². The summed E-state index contributed by atoms with van der Waals surface area (Å²) in [4.78, 5) is 22.5. The summed E-state index contributed by atoms with van der Waals surface area (Å²) in [6, 6.07) is 4.87. The highest BCUT2D eigenvalue weighted by Gasteiger charge is 2.21. The number of piperazine rings is 1. The Morgan fingerprint density at radius 1 is 1.24 bits per heavy atom. The summed E-state index contributed by atoms with van der Waals surface area (Å²) in [7, 11) is 0. The summed E-state index contributed by atoms with van der Waals surface area (Å²) < 4.78 is 14.2. The van der Waals surface area contributed by atoms with Crippen molar-refractivity contribution >= 4 is 33.4 Å². The molecule has 4 heterocycles. The maximum atomic E-state index is 14.2. The van der Waals surface area contributed by atoms with Gasteiger partial charge in [0.25, 0.3) is 5.56 Å². The highest BCUT2D eigenvalue weighted by atomic mass is 19.1. The average molecular weight is 393 g/mol. The number of nitrogens with one attached hydrogen (secondary N) is 3. The van der Waals surface area contributed by atoms with Gasteiger partial charge in [0.05, 0.1) is 17.2 Å². The van der Waals surface area contributed by atoms with E-state index >= 15 is 0 Å². The molecule has 1 aliphatic rings. The van der Waals surface area contributed by atoms with Crippen molar-refractivity contribution in [1.82, 2.24) is 25.5 Å². The number of nitrogens with zero attached hydrogens (tertiary/aromatic N) is 3. The van der Waals surface area contributed by atoms with Crippen LogP contribution in [-0.2, 0) is 0 Å². The number of nitrogen functional groups attached to an aromatic ring is 1. The molecule has 0 spiro atoms. The number of benzene rings is 1. The third kappa shape index (κ3) is 2.73. The van der Waals surface area contributed by atoms with Crippen LogP contribution >= 0.6 is 0 Å². The zero-order chi connectivity index (χ0) is 20.1. The molecule has 8 nitrogen and oxygen atoms in total. The van der Waals surface area contributed by atoms with Gasteiger partial charge in [-0.1, -0.05) is 6.07 Å². The van der Waals surface area contributed by atoms with Gasteiger partial charge in [0.2, 0.25) is 0 Å². The van der Waals surface area contributed by atoms with Gasteiger partial charge in [-0.3, -0.25) is 9.89 Å². The van der Waals surface area contributed by atoms with Gasteiger partial charge < -0.3 is 20.9 Å². The molecule has 3 aromatic heterocycles. The number of fused-ring (bicyclic) bond motifs is 2. The second-order valence-electron chi connectivity index (χ2n) is 7.26. The Morgan fingerprint density at radius 3 is 2.83 bits per heavy atom. The number of pyridine rings is 2. The molecule has 5 N–H and O–H groups in total. The molecule has 0 aliphatic carbocycles. The quantitative estimate of drug-likeness (QED) is 0.413. The predicted molar refractivity (Wildman–Crippen MR) is 112 cm³/mol. The first-order chi connectivity index (χ1) is 14.0. The lowest BCUT2D eigenvalue weighted by molar-refractivity contribution is 0.584. The van der Waals surface area contributed by atoms with Crippen LogP contribution in [0.2, 0.25) is 0 Å². The average Bonchev–Trinajstić information content (AvgIpc) is 3.22. The van der Waals surface area contributed by atoms with E-state index in [4.69, 9.17) is 10.7 Å². The molecule has 1 saturated heterocycles. The third-order valence-corrected chi connectivity index (χ3v) is 5.44. The number of aromatic amines is 2. The number of nitrogens with two attached hydrogens (primary N) is 1. The van der Waals surface area contributed by atoms with E-state index in [0.29, 0.717) is 27.5 Å². The minimum Gasteiger partial charge on any atom is -0.394 e. The van der Waals surface area contributed by atoms with Crippen molar-refractivity contribution in [3.8, 4) is 11.1 Å². The van der Waals surface area contributed by atoms with Crippen LogP contribution < -0.4 is 21.5 Å². The second-order valence-corrected chi connectivity index (χ2v) is 7.26. The van der Waals surface area contributed by atoms with E-state index in [9.17, 15) is 9.18 Å². The van der Waals surface area contributed by atoms with Crippen LogP contribution in [-0.4, -0.2) is 46.3 Å². The van der Waals surface area contributed by atoms with Crippen molar-refractivity contribution in [3.63, 3.8) is 0 Å². The number of halogens is 1. The summed E-state index contributed by atoms with van der Waals surface area (Å²) in [5.41, 5.74) is 9.39. The Morgan fingerprint density at radius 2 is 2.03 bits per heavy atom. The Labute approximate surface area is 164 Å². The summed E-state index contributed by atoms with van der Waals surface area (Å²) in [6.45, 7) is 5.43. The highest BCUT2D eigenvalue weighted by molar-refractivity contribution is 6.06. The van der Waals surface area contributed by atoms with Crippen molar-refractivity contribution in [3.05, 3.63) is 46.1 Å². The maximum Gasteiger partial charge on any atom is 0.272 e. The van der Waals surface area contributed by atoms with Crippen LogP contribution in [0.4, 0.5) is 15.9 Å². The van der Waals surface area contributed by atoms with Crippen molar-refractivity contribution in [2.75, 3.05) is 36.8 Å². The van der Waals surface area contributed by atoms with Gasteiger partial charge in [0.1, 0.15) is 22.8 Å². The highest BCUT2D eigenvalue weighted by Crippen LogP contribution is 2.36. The number of H-pyrrole nitrogens is 2. The zero-order valence-electron chi connectivity index (χ0n) is 15.8. The molecular weight excluding hydrogens is 373 g/mol. The lowest BCUT2D eigenvalue weighted by Crippen LogP contribution is -2.44. The van der Waals surface area contributed by atoms with Gasteiger partial charge in [-0.25, -0.2) is 9.37 Å². The molecule has 0 saturated carbocycles. The lowest BCUT2D eigenvalue weighted by Gasteiger charge is -2.30. The molecule has 0 bridgehead atoms. The number of hydrogen-bond donors (Lipinski definition) is 4. The first-order valence-electron chi connectivity index (χ1n) is 9.45. The van der Waals surface area contributed by atoms with Gasteiger partial charge in [-0.2, -0.15) is 5.10 Å². The first-order valence-corrected chi connectivity index (χ1v) is 9.45. The molecule has 1 fully saturated rings. The largest absolute Gasteiger partial charge is 0.394 e. The Hall–Kier alpha value is -3.46. The van der Waals surface area contributed by atoms with E-state index < -0.39 is 11.4 Å². The molecule has 1 aromatic carbocycles. The SMILES string of the molecule is Cc1cc2[nH]c(=O)c(N)c(-c3ccc(F)c4[nH]ncc34)c2nc1N1CCNCC1. The van der Waals surface area contributed by atoms with E-state index in [2.05, 4.69) is 25.4 Å². The van der Waals surface area contributed by atoms with Crippen LogP contribution in [0.5, 0.6) is 0 Å². The lowest BCUT2D eigenvalue weighted by atomic mass is 9.98. The van der Waals surface area contributed by atoms with E-state index in [-0.39, 0.29) is 11.2 Å². The van der Waals surface area contributed by atoms with Gasteiger partial charge >= 0.3 is 0 Å². The standard InChI is InChI=1S/C20H20FN7O/c1-10-8-14-18(26-19(10)28-6-4-23-5-7-28)15(16(22)20(29)25-14)11-2-3-13(21)17-12(11)9-24-27-17/h2-3,8-9,23H,4-7,22H2,1H3,(H,24,27)(H,25,29). The van der Waals surface area contributed by atoms with Gasteiger partial charge in [-0.05, 0) is 30.2 Å². The van der Waals surface area contributed by atoms with Crippen LogP contribution in [0.3, 0.4) is 0 Å². The Balaban J connectivity index is 1.84. The van der Waals surface area contributed by atoms with Crippen LogP contribution in [0, 0.1) is 12.7 Å². The third-order valence-electron chi connectivity index (χ3n) is 5.44. The zero-order valence-corrected chi connectivity index (χ0v) is 15.8. The molecular formula is C20H20FN7O. The monoisotopic (exact) mass is 393 g/mol. The maximum absolute atomic E-state index is 14.2. The smallest absolute Gasteiger partial charge is 0.272 e. The summed E-state index contributed by atoms with van der Waals surface area (Å²) in [5.74, 6) is 0.441. The summed E-state index contributed by atoms with van der Waals surface area (Å²) in [5, 5.41) is 10.5. The number of hydrogen-bond acceptors (Lipinski definition) is 6. The molecule has 1 aliphatic heterocycles. The second kappa shape index (κ2) is 6.56. The van der Waals surface area contributed by atoms with E-state index in [0.717, 1.165) is 37.6 Å². The van der Waals surface area contributed by atoms with Crippen molar-refractivity contribution in [1.29, 1.82) is 0 Å². The number of aromatic nitrogens is 4. The van der Waals surface area contributed by atoms with Gasteiger partial charge in [0, 0.05) is 37.1 Å². The molecule has 29 heavy (non-hydrogen) atoms. The van der Waals surface area contributed by atoms with E-state index in [1.165, 1.54) is 12.3 Å². The topological polar surface area (TPSA) is 116 Å². The summed E-state index contributed by atoms with van der Waals surface area (Å²) >= 11 is 0. The van der Waals surface area contributed by atoms with Crippen LogP contribution in [0.15, 0.2) is 29.2 Å². The first kappa shape index (κ1) is 17.6. The molecule has 4 aromatic rings. The van der Waals surface area contributed by atoms with Crippen molar-refractivity contribution in [2.45, 2.75) is 6.92 Å². The number of anilines is 2. The van der Waals surface area contributed by atoms with Gasteiger partial charge in [-0.15, -0.1) is 0 Å². The minimum atomic E-state index is -0.417. The molecule has 0 atom stereocenters. The van der Waals surface area contributed by atoms with Crippen LogP contribution in [0.1, 0.15) is 5.56 Å². The molecule has 0 radical (unpaired) electrons. The predicted octanol–water partition coefficient (Wildman–Crippen LogP) is 1.91. The Bertz CT molecular complexity index is 1300. The normalized spacial score (nSPS) is 14.8. The van der Waals surface area contributed by atoms with E-state index in [1.54, 1.807) is 6.07 Å². The minimum absolute atomic E-state index is 0.0502. The number of aryl methyl sites for hydroxylation is 1. The molecule has 148 valence electrons. The fourth-order valence-electron chi connectivity index (χ4n) is 4.01. The van der Waals surface area contributed by atoms with Crippen LogP contribution in [0.25, 0.3) is 33.1 Å². The van der Waals surface area contributed by atoms with E-state index in [1.807, 2.05) is 13.0 Å². The van der Waals surface area contributed by atoms with Crippen molar-refractivity contribution < 1.29 is 4.39 Å². The summed E-state index contributed by atoms with van der Waals surface area (Å²) in [6.07, 6.45) is 1.53. The molecule has 9 heteroatoms. The molecule has 0 amide bonds. The molecule has 0 unspecified atom stereocenters. The fraction of sp³-hybridized carbons (Fsp3) is 0.250. The molecule has 5 rings (SSSR count).